The van der Waals surface area contributed by atoms with Gasteiger partial charge in [0.2, 0.25) is 0 Å². The van der Waals surface area contributed by atoms with E-state index in [9.17, 15) is 17.2 Å². The Morgan fingerprint density at radius 3 is 2.39 bits per heavy atom. The first-order chi connectivity index (χ1) is 13.0. The molecule has 0 aromatic carbocycles. The van der Waals surface area contributed by atoms with E-state index < -0.39 is 26.7 Å². The van der Waals surface area contributed by atoms with Crippen molar-refractivity contribution in [3.05, 3.63) is 35.9 Å². The molecule has 0 saturated carbocycles. The normalized spacial score (nSPS) is 16.8. The zero-order valence-electron chi connectivity index (χ0n) is 16.6. The van der Waals surface area contributed by atoms with Gasteiger partial charge in [-0.15, -0.1) is 0 Å². The topological polar surface area (TPSA) is 68.1 Å². The maximum atomic E-state index is 13.3. The van der Waals surface area contributed by atoms with Crippen LogP contribution in [0.1, 0.15) is 44.5 Å². The number of anilines is 1. The lowest BCUT2D eigenvalue weighted by Gasteiger charge is -2.40. The molecule has 6 nitrogen and oxygen atoms in total. The Morgan fingerprint density at radius 2 is 1.86 bits per heavy atom. The smallest absolute Gasteiger partial charge is 0.283 e. The summed E-state index contributed by atoms with van der Waals surface area (Å²) in [5.74, 6) is -0.141. The van der Waals surface area contributed by atoms with E-state index in [-0.39, 0.29) is 10.8 Å². The minimum Gasteiger partial charge on any atom is -0.370 e. The summed E-state index contributed by atoms with van der Waals surface area (Å²) < 4.78 is 53.1. The van der Waals surface area contributed by atoms with Gasteiger partial charge >= 0.3 is 0 Å². The van der Waals surface area contributed by atoms with Crippen molar-refractivity contribution in [3.63, 3.8) is 0 Å². The van der Waals surface area contributed by atoms with Crippen molar-refractivity contribution in [3.8, 4) is 0 Å². The van der Waals surface area contributed by atoms with Crippen molar-refractivity contribution in [2.75, 3.05) is 18.0 Å². The van der Waals surface area contributed by atoms with Gasteiger partial charge in [0.15, 0.2) is 9.84 Å². The number of pyridine rings is 1. The molecule has 154 valence electrons. The molecule has 0 amide bonds. The number of rotatable bonds is 5. The summed E-state index contributed by atoms with van der Waals surface area (Å²) in [6.07, 6.45) is 1.39. The minimum absolute atomic E-state index is 0.141. The van der Waals surface area contributed by atoms with E-state index >= 15 is 0 Å². The third kappa shape index (κ3) is 3.64. The number of alkyl halides is 2. The van der Waals surface area contributed by atoms with Crippen LogP contribution in [0.25, 0.3) is 0 Å². The molecule has 3 rings (SSSR count). The summed E-state index contributed by atoms with van der Waals surface area (Å²) >= 11 is 0. The average molecular weight is 413 g/mol. The van der Waals surface area contributed by atoms with Gasteiger partial charge in [0.1, 0.15) is 10.6 Å². The summed E-state index contributed by atoms with van der Waals surface area (Å²) in [7, 11) is -2.52. The number of hydrogen-bond acceptors (Lipinski definition) is 5. The van der Waals surface area contributed by atoms with E-state index in [1.165, 1.54) is 13.2 Å². The fraction of sp³-hybridized carbons (Fsp3) is 0.579. The minimum atomic E-state index is -3.97. The molecule has 0 unspecified atom stereocenters. The van der Waals surface area contributed by atoms with Gasteiger partial charge < -0.3 is 4.90 Å². The molecule has 0 aliphatic carbocycles. The molecule has 28 heavy (non-hydrogen) atoms. The molecule has 1 aliphatic rings. The van der Waals surface area contributed by atoms with Crippen LogP contribution in [-0.2, 0) is 16.9 Å². The molecule has 0 N–H and O–H groups in total. The molecule has 0 bridgehead atoms. The Labute approximate surface area is 164 Å². The molecule has 1 saturated heterocycles. The molecule has 0 spiro atoms. The van der Waals surface area contributed by atoms with Crippen molar-refractivity contribution >= 4 is 15.5 Å². The van der Waals surface area contributed by atoms with E-state index in [2.05, 4.69) is 15.0 Å². The summed E-state index contributed by atoms with van der Waals surface area (Å²) in [6, 6.07) is 3.96. The number of nitrogens with zero attached hydrogens (tertiary/aromatic N) is 4. The summed E-state index contributed by atoms with van der Waals surface area (Å²) in [6.45, 7) is 6.60. The highest BCUT2D eigenvalue weighted by molar-refractivity contribution is 7.92. The number of piperidine rings is 1. The van der Waals surface area contributed by atoms with Crippen LogP contribution in [0.5, 0.6) is 0 Å². The molecule has 9 heteroatoms. The standard InChI is InChI=1S/C19H26F2N4O2S/c1-13-5-6-15(11-22-13)25-9-7-14(8-10-25)19(2,3)28(26,27)16-12-24(4)23-17(16)18(20)21/h5-6,11-12,14,18H,7-10H2,1-4H3. The zero-order chi connectivity index (χ0) is 20.7. The number of sulfone groups is 1. The molecular formula is C19H26F2N4O2S. The maximum absolute atomic E-state index is 13.3. The van der Waals surface area contributed by atoms with E-state index in [1.54, 1.807) is 13.8 Å². The van der Waals surface area contributed by atoms with Gasteiger partial charge in [0.25, 0.3) is 6.43 Å². The Balaban J connectivity index is 1.80. The van der Waals surface area contributed by atoms with E-state index in [1.807, 2.05) is 25.3 Å². The number of aryl methyl sites for hydroxylation is 2. The fourth-order valence-corrected chi connectivity index (χ4v) is 5.76. The average Bonchev–Trinajstić information content (AvgIpc) is 3.05. The number of hydrogen-bond donors (Lipinski definition) is 0. The van der Waals surface area contributed by atoms with E-state index in [4.69, 9.17) is 0 Å². The Hall–Kier alpha value is -2.03. The SMILES string of the molecule is Cc1ccc(N2CCC(C(C)(C)S(=O)(=O)c3cn(C)nc3C(F)F)CC2)cn1. The summed E-state index contributed by atoms with van der Waals surface area (Å²) in [5.41, 5.74) is 1.29. The molecule has 1 fully saturated rings. The van der Waals surface area contributed by atoms with Crippen molar-refractivity contribution in [1.82, 2.24) is 14.8 Å². The second-order valence-corrected chi connectivity index (χ2v) is 10.4. The Bertz CT molecular complexity index is 931. The van der Waals surface area contributed by atoms with Crippen molar-refractivity contribution in [1.29, 1.82) is 0 Å². The van der Waals surface area contributed by atoms with Crippen molar-refractivity contribution < 1.29 is 17.2 Å². The lowest BCUT2D eigenvalue weighted by Crippen LogP contribution is -2.46. The van der Waals surface area contributed by atoms with Gasteiger partial charge in [-0.05, 0) is 51.7 Å². The van der Waals surface area contributed by atoms with Gasteiger partial charge in [0.05, 0.1) is 16.6 Å². The van der Waals surface area contributed by atoms with Gasteiger partial charge in [-0.2, -0.15) is 5.10 Å². The molecular weight excluding hydrogens is 386 g/mol. The Morgan fingerprint density at radius 1 is 1.21 bits per heavy atom. The van der Waals surface area contributed by atoms with Crippen LogP contribution in [0.4, 0.5) is 14.5 Å². The highest BCUT2D eigenvalue weighted by Crippen LogP contribution is 2.40. The third-order valence-electron chi connectivity index (χ3n) is 5.75. The first kappa shape index (κ1) is 20.7. The molecule has 0 atom stereocenters. The van der Waals surface area contributed by atoms with Gasteiger partial charge in [-0.25, -0.2) is 17.2 Å². The third-order valence-corrected chi connectivity index (χ3v) is 8.36. The monoisotopic (exact) mass is 412 g/mol. The van der Waals surface area contributed by atoms with Crippen LogP contribution in [0.2, 0.25) is 0 Å². The van der Waals surface area contributed by atoms with Crippen LogP contribution >= 0.6 is 0 Å². The number of aromatic nitrogens is 3. The lowest BCUT2D eigenvalue weighted by atomic mass is 9.85. The number of halogens is 2. The van der Waals surface area contributed by atoms with Gasteiger partial charge in [-0.3, -0.25) is 9.67 Å². The Kier molecular flexibility index (Phi) is 5.49. The quantitative estimate of drug-likeness (QED) is 0.752. The first-order valence-electron chi connectivity index (χ1n) is 9.28. The summed E-state index contributed by atoms with van der Waals surface area (Å²) in [4.78, 5) is 6.13. The molecule has 0 radical (unpaired) electrons. The largest absolute Gasteiger partial charge is 0.370 e. The highest BCUT2D eigenvalue weighted by atomic mass is 32.2. The van der Waals surface area contributed by atoms with Crippen molar-refractivity contribution in [2.45, 2.75) is 49.7 Å². The van der Waals surface area contributed by atoms with Crippen LogP contribution in [-0.4, -0.2) is 41.0 Å². The second kappa shape index (κ2) is 7.42. The molecule has 1 aliphatic heterocycles. The van der Waals surface area contributed by atoms with Crippen LogP contribution in [0, 0.1) is 12.8 Å². The van der Waals surface area contributed by atoms with E-state index in [0.717, 1.165) is 16.1 Å². The summed E-state index contributed by atoms with van der Waals surface area (Å²) in [5, 5.41) is 3.67. The fourth-order valence-electron chi connectivity index (χ4n) is 3.82. The van der Waals surface area contributed by atoms with Gasteiger partial charge in [0, 0.05) is 32.0 Å². The molecule has 2 aromatic rings. The van der Waals surface area contributed by atoms with Crippen molar-refractivity contribution in [2.24, 2.45) is 13.0 Å². The highest BCUT2D eigenvalue weighted by Gasteiger charge is 2.46. The van der Waals surface area contributed by atoms with Gasteiger partial charge in [-0.1, -0.05) is 0 Å². The zero-order valence-corrected chi connectivity index (χ0v) is 17.4. The van der Waals surface area contributed by atoms with Crippen LogP contribution in [0.3, 0.4) is 0 Å². The molecule has 2 aromatic heterocycles. The maximum Gasteiger partial charge on any atom is 0.283 e. The predicted octanol–water partition coefficient (Wildman–Crippen LogP) is 3.53. The second-order valence-electron chi connectivity index (χ2n) is 7.88. The first-order valence-corrected chi connectivity index (χ1v) is 10.8. The van der Waals surface area contributed by atoms with E-state index in [0.29, 0.717) is 25.9 Å². The van der Waals surface area contributed by atoms with Crippen LogP contribution in [0.15, 0.2) is 29.4 Å². The molecule has 3 heterocycles. The lowest BCUT2D eigenvalue weighted by molar-refractivity contribution is 0.142. The van der Waals surface area contributed by atoms with Crippen LogP contribution < -0.4 is 4.90 Å². The predicted molar refractivity (Wildman–Crippen MR) is 103 cm³/mol.